The SMILES string of the molecule is O=C(O)c1ccc2nc(N3C4COCC3CC(OCc3c(-c5c(Cl)cccc5Cl)noc3C3CC3)C4)sc2c1. The van der Waals surface area contributed by atoms with Crippen molar-refractivity contribution in [3.63, 3.8) is 0 Å². The number of carboxylic acids is 1. The number of halogens is 2. The molecule has 2 saturated heterocycles. The van der Waals surface area contributed by atoms with Crippen LogP contribution < -0.4 is 4.90 Å². The molecule has 1 aliphatic carbocycles. The van der Waals surface area contributed by atoms with E-state index in [4.69, 9.17) is 42.2 Å². The van der Waals surface area contributed by atoms with Crippen molar-refractivity contribution >= 4 is 55.9 Å². The molecule has 0 radical (unpaired) electrons. The monoisotopic (exact) mass is 585 g/mol. The Bertz CT molecular complexity index is 1530. The lowest BCUT2D eigenvalue weighted by Gasteiger charge is -2.48. The van der Waals surface area contributed by atoms with Crippen molar-refractivity contribution in [2.24, 2.45) is 0 Å². The van der Waals surface area contributed by atoms with Gasteiger partial charge in [-0.05, 0) is 56.0 Å². The Labute approximate surface area is 238 Å². The fraction of sp³-hybridized carbons (Fsp3) is 0.393. The van der Waals surface area contributed by atoms with Crippen LogP contribution in [-0.4, -0.2) is 52.6 Å². The summed E-state index contributed by atoms with van der Waals surface area (Å²) in [6, 6.07) is 10.7. The molecule has 7 rings (SSSR count). The maximum Gasteiger partial charge on any atom is 0.335 e. The molecule has 8 nitrogen and oxygen atoms in total. The molecule has 3 aliphatic rings. The minimum Gasteiger partial charge on any atom is -0.478 e. The fourth-order valence-corrected chi connectivity index (χ4v) is 7.44. The van der Waals surface area contributed by atoms with Gasteiger partial charge in [-0.25, -0.2) is 9.78 Å². The van der Waals surface area contributed by atoms with Crippen molar-refractivity contribution < 1.29 is 23.9 Å². The van der Waals surface area contributed by atoms with Crippen LogP contribution in [0.1, 0.15) is 53.3 Å². The van der Waals surface area contributed by atoms with Gasteiger partial charge in [0, 0.05) is 17.0 Å². The van der Waals surface area contributed by atoms with Gasteiger partial charge in [-0.3, -0.25) is 0 Å². The average molecular weight is 586 g/mol. The molecule has 2 aromatic heterocycles. The van der Waals surface area contributed by atoms with E-state index in [0.29, 0.717) is 47.0 Å². The Balaban J connectivity index is 1.12. The highest BCUT2D eigenvalue weighted by Crippen LogP contribution is 2.46. The van der Waals surface area contributed by atoms with Crippen LogP contribution in [-0.2, 0) is 16.1 Å². The number of hydrogen-bond donors (Lipinski definition) is 1. The summed E-state index contributed by atoms with van der Waals surface area (Å²) in [6.45, 7) is 1.55. The third-order valence-electron chi connectivity index (χ3n) is 7.75. The van der Waals surface area contributed by atoms with E-state index in [9.17, 15) is 9.90 Å². The zero-order chi connectivity index (χ0) is 26.7. The van der Waals surface area contributed by atoms with E-state index in [2.05, 4.69) is 10.1 Å². The number of rotatable bonds is 7. The van der Waals surface area contributed by atoms with E-state index in [1.807, 2.05) is 6.07 Å². The number of nitrogens with zero attached hydrogens (tertiary/aromatic N) is 3. The minimum atomic E-state index is -0.937. The van der Waals surface area contributed by atoms with E-state index in [1.165, 1.54) is 11.3 Å². The predicted octanol–water partition coefficient (Wildman–Crippen LogP) is 6.79. The fourth-order valence-electron chi connectivity index (χ4n) is 5.72. The van der Waals surface area contributed by atoms with Crippen molar-refractivity contribution in [1.29, 1.82) is 0 Å². The maximum atomic E-state index is 11.4. The van der Waals surface area contributed by atoms with Crippen LogP contribution >= 0.6 is 34.5 Å². The number of carbonyl (C=O) groups is 1. The van der Waals surface area contributed by atoms with Crippen LogP contribution in [0.4, 0.5) is 5.13 Å². The quantitative estimate of drug-likeness (QED) is 0.253. The largest absolute Gasteiger partial charge is 0.478 e. The van der Waals surface area contributed by atoms with Gasteiger partial charge in [0.2, 0.25) is 0 Å². The van der Waals surface area contributed by atoms with Gasteiger partial charge in [0.05, 0.1) is 63.8 Å². The number of piperidine rings is 1. The summed E-state index contributed by atoms with van der Waals surface area (Å²) in [4.78, 5) is 18.6. The number of benzene rings is 2. The number of aromatic carboxylic acids is 1. The molecular formula is C28H25Cl2N3O5S. The van der Waals surface area contributed by atoms with Crippen molar-refractivity contribution in [3.8, 4) is 11.3 Å². The molecule has 39 heavy (non-hydrogen) atoms. The molecule has 11 heteroatoms. The molecule has 2 bridgehead atoms. The summed E-state index contributed by atoms with van der Waals surface area (Å²) >= 11 is 14.6. The van der Waals surface area contributed by atoms with Crippen molar-refractivity contribution in [2.45, 2.75) is 56.4 Å². The summed E-state index contributed by atoms with van der Waals surface area (Å²) in [6.07, 6.45) is 3.77. The molecule has 4 aromatic rings. The van der Waals surface area contributed by atoms with Crippen LogP contribution in [0.5, 0.6) is 0 Å². The van der Waals surface area contributed by atoms with Gasteiger partial charge in [0.25, 0.3) is 0 Å². The number of ether oxygens (including phenoxy) is 2. The first-order chi connectivity index (χ1) is 19.0. The van der Waals surface area contributed by atoms with Gasteiger partial charge in [-0.1, -0.05) is 45.8 Å². The van der Waals surface area contributed by atoms with Crippen LogP contribution in [0.25, 0.3) is 21.5 Å². The Morgan fingerprint density at radius 1 is 1.13 bits per heavy atom. The van der Waals surface area contributed by atoms with Crippen LogP contribution in [0.15, 0.2) is 40.9 Å². The third-order valence-corrected chi connectivity index (χ3v) is 9.41. The second kappa shape index (κ2) is 10.1. The summed E-state index contributed by atoms with van der Waals surface area (Å²) in [5, 5.41) is 15.7. The van der Waals surface area contributed by atoms with Crippen molar-refractivity contribution in [2.75, 3.05) is 18.1 Å². The number of aromatic nitrogens is 2. The van der Waals surface area contributed by atoms with Gasteiger partial charge in [0.1, 0.15) is 11.5 Å². The second-order valence-corrected chi connectivity index (χ2v) is 12.2. The first kappa shape index (κ1) is 25.3. The Morgan fingerprint density at radius 3 is 2.56 bits per heavy atom. The molecular weight excluding hydrogens is 561 g/mol. The number of anilines is 1. The highest BCUT2D eigenvalue weighted by Gasteiger charge is 2.41. The Morgan fingerprint density at radius 2 is 1.87 bits per heavy atom. The summed E-state index contributed by atoms with van der Waals surface area (Å²) in [5.41, 5.74) is 3.34. The topological polar surface area (TPSA) is 97.9 Å². The summed E-state index contributed by atoms with van der Waals surface area (Å²) in [5.74, 6) is 0.297. The first-order valence-corrected chi connectivity index (χ1v) is 14.6. The van der Waals surface area contributed by atoms with Crippen molar-refractivity contribution in [1.82, 2.24) is 10.1 Å². The van der Waals surface area contributed by atoms with Gasteiger partial charge in [-0.2, -0.15) is 0 Å². The van der Waals surface area contributed by atoms with E-state index in [-0.39, 0.29) is 23.8 Å². The van der Waals surface area contributed by atoms with E-state index in [1.54, 1.807) is 30.3 Å². The van der Waals surface area contributed by atoms with Crippen molar-refractivity contribution in [3.05, 3.63) is 63.3 Å². The molecule has 3 fully saturated rings. The lowest BCUT2D eigenvalue weighted by Crippen LogP contribution is -2.58. The minimum absolute atomic E-state index is 0.0321. The first-order valence-electron chi connectivity index (χ1n) is 13.0. The van der Waals surface area contributed by atoms with Gasteiger partial charge >= 0.3 is 5.97 Å². The predicted molar refractivity (Wildman–Crippen MR) is 149 cm³/mol. The molecule has 2 aliphatic heterocycles. The van der Waals surface area contributed by atoms with Gasteiger partial charge in [0.15, 0.2) is 5.13 Å². The lowest BCUT2D eigenvalue weighted by atomic mass is 9.92. The van der Waals surface area contributed by atoms with Crippen LogP contribution in [0, 0.1) is 0 Å². The standard InChI is InChI=1S/C28H25Cl2N3O5S/c29-20-2-1-3-21(30)24(20)25-19(26(38-32-25)14-4-5-14)13-37-18-9-16-11-36-12-17(10-18)33(16)28-31-22-7-6-15(27(34)35)8-23(22)39-28/h1-3,6-8,14,16-18H,4-5,9-13H2,(H,34,35). The number of carboxylic acid groups (broad SMARTS) is 1. The van der Waals surface area contributed by atoms with E-state index < -0.39 is 5.97 Å². The van der Waals surface area contributed by atoms with Crippen LogP contribution in [0.2, 0.25) is 10.0 Å². The Hall–Kier alpha value is -2.69. The maximum absolute atomic E-state index is 11.4. The van der Waals surface area contributed by atoms with Crippen LogP contribution in [0.3, 0.4) is 0 Å². The average Bonchev–Trinajstić information content (AvgIpc) is 3.53. The zero-order valence-electron chi connectivity index (χ0n) is 20.8. The number of morpholine rings is 1. The summed E-state index contributed by atoms with van der Waals surface area (Å²) < 4.78 is 19.2. The van der Waals surface area contributed by atoms with E-state index in [0.717, 1.165) is 52.4 Å². The normalized spacial score (nSPS) is 22.9. The molecule has 2 unspecified atom stereocenters. The Kier molecular flexibility index (Phi) is 6.52. The number of fused-ring (bicyclic) bond motifs is 3. The second-order valence-electron chi connectivity index (χ2n) is 10.4. The lowest BCUT2D eigenvalue weighted by molar-refractivity contribution is -0.0394. The highest BCUT2D eigenvalue weighted by molar-refractivity contribution is 7.22. The number of hydrogen-bond acceptors (Lipinski definition) is 8. The highest BCUT2D eigenvalue weighted by atomic mass is 35.5. The summed E-state index contributed by atoms with van der Waals surface area (Å²) in [7, 11) is 0. The smallest absolute Gasteiger partial charge is 0.335 e. The zero-order valence-corrected chi connectivity index (χ0v) is 23.1. The van der Waals surface area contributed by atoms with E-state index >= 15 is 0 Å². The molecule has 202 valence electrons. The molecule has 1 N–H and O–H groups in total. The molecule has 2 atom stereocenters. The van der Waals surface area contributed by atoms with Gasteiger partial charge < -0.3 is 24.0 Å². The molecule has 2 aromatic carbocycles. The molecule has 0 amide bonds. The molecule has 0 spiro atoms. The van der Waals surface area contributed by atoms with Gasteiger partial charge in [-0.15, -0.1) is 0 Å². The number of thiazole rings is 1. The third kappa shape index (κ3) is 4.70. The molecule has 4 heterocycles. The molecule has 1 saturated carbocycles.